The molecule has 144 valence electrons. The van der Waals surface area contributed by atoms with Gasteiger partial charge in [0.1, 0.15) is 12.3 Å². The van der Waals surface area contributed by atoms with Gasteiger partial charge in [-0.25, -0.2) is 4.68 Å². The average Bonchev–Trinajstić information content (AvgIpc) is 2.76. The smallest absolute Gasteiger partial charge is 0.275 e. The molecule has 4 rings (SSSR count). The lowest BCUT2D eigenvalue weighted by molar-refractivity contribution is -0.132. The lowest BCUT2D eigenvalue weighted by atomic mass is 10.2. The first-order valence-corrected chi connectivity index (χ1v) is 9.27. The van der Waals surface area contributed by atoms with Gasteiger partial charge in [-0.1, -0.05) is 18.2 Å². The second-order valence-electron chi connectivity index (χ2n) is 6.76. The van der Waals surface area contributed by atoms with E-state index >= 15 is 0 Å². The summed E-state index contributed by atoms with van der Waals surface area (Å²) in [5.74, 6) is 0.741. The van der Waals surface area contributed by atoms with Crippen molar-refractivity contribution in [2.75, 3.05) is 38.2 Å². The number of hydrogen-bond acceptors (Lipinski definition) is 5. The summed E-state index contributed by atoms with van der Waals surface area (Å²) < 4.78 is 6.44. The van der Waals surface area contributed by atoms with Crippen molar-refractivity contribution in [3.63, 3.8) is 0 Å². The van der Waals surface area contributed by atoms with Gasteiger partial charge in [-0.3, -0.25) is 9.59 Å². The highest BCUT2D eigenvalue weighted by molar-refractivity contribution is 5.81. The summed E-state index contributed by atoms with van der Waals surface area (Å²) in [5.41, 5.74) is 0.878. The zero-order valence-electron chi connectivity index (χ0n) is 15.7. The van der Waals surface area contributed by atoms with E-state index < -0.39 is 0 Å². The number of fused-ring (bicyclic) bond motifs is 1. The number of amides is 1. The normalized spacial score (nSPS) is 14.3. The van der Waals surface area contributed by atoms with Gasteiger partial charge < -0.3 is 14.5 Å². The molecule has 0 bridgehead atoms. The molecule has 1 saturated heterocycles. The molecular formula is C21H22N4O3. The van der Waals surface area contributed by atoms with Crippen LogP contribution in [0.15, 0.2) is 59.5 Å². The molecule has 0 aliphatic carbocycles. The summed E-state index contributed by atoms with van der Waals surface area (Å²) in [6.07, 6.45) is 1.63. The van der Waals surface area contributed by atoms with Crippen LogP contribution >= 0.6 is 0 Å². The maximum absolute atomic E-state index is 12.7. The van der Waals surface area contributed by atoms with E-state index in [2.05, 4.69) is 10.00 Å². The van der Waals surface area contributed by atoms with E-state index in [9.17, 15) is 9.59 Å². The molecule has 0 saturated carbocycles. The third-order valence-electron chi connectivity index (χ3n) is 5.12. The molecular weight excluding hydrogens is 356 g/mol. The van der Waals surface area contributed by atoms with Gasteiger partial charge in [-0.05, 0) is 30.3 Å². The molecule has 2 aromatic carbocycles. The number of ether oxygens (including phenoxy) is 1. The third-order valence-corrected chi connectivity index (χ3v) is 5.12. The molecule has 0 spiro atoms. The van der Waals surface area contributed by atoms with Crippen molar-refractivity contribution in [1.82, 2.24) is 14.7 Å². The number of carbonyl (C=O) groups excluding carboxylic acids is 1. The number of aromatic nitrogens is 2. The van der Waals surface area contributed by atoms with Gasteiger partial charge in [-0.2, -0.15) is 5.10 Å². The molecule has 1 fully saturated rings. The predicted molar refractivity (Wildman–Crippen MR) is 108 cm³/mol. The minimum atomic E-state index is -0.233. The van der Waals surface area contributed by atoms with Crippen LogP contribution in [0.2, 0.25) is 0 Å². The summed E-state index contributed by atoms with van der Waals surface area (Å²) in [5, 5.41) is 5.51. The van der Waals surface area contributed by atoms with E-state index in [1.165, 1.54) is 4.68 Å². The first-order chi connectivity index (χ1) is 13.7. The second kappa shape index (κ2) is 7.72. The van der Waals surface area contributed by atoms with Crippen LogP contribution < -0.4 is 15.2 Å². The van der Waals surface area contributed by atoms with Gasteiger partial charge >= 0.3 is 0 Å². The molecule has 1 aromatic heterocycles. The molecule has 7 nitrogen and oxygen atoms in total. The van der Waals surface area contributed by atoms with Crippen LogP contribution in [0.3, 0.4) is 0 Å². The van der Waals surface area contributed by atoms with E-state index in [1.807, 2.05) is 42.5 Å². The minimum absolute atomic E-state index is 0.0355. The Bertz CT molecular complexity index is 1040. The lowest BCUT2D eigenvalue weighted by Crippen LogP contribution is -2.50. The molecule has 0 radical (unpaired) electrons. The summed E-state index contributed by atoms with van der Waals surface area (Å²) in [4.78, 5) is 29.3. The van der Waals surface area contributed by atoms with E-state index in [1.54, 1.807) is 24.3 Å². The van der Waals surface area contributed by atoms with Crippen molar-refractivity contribution in [1.29, 1.82) is 0 Å². The molecule has 1 aliphatic rings. The molecule has 28 heavy (non-hydrogen) atoms. The van der Waals surface area contributed by atoms with Crippen molar-refractivity contribution in [2.24, 2.45) is 0 Å². The predicted octanol–water partition coefficient (Wildman–Crippen LogP) is 1.75. The van der Waals surface area contributed by atoms with Crippen molar-refractivity contribution in [3.05, 3.63) is 65.1 Å². The maximum atomic E-state index is 12.7. The first-order valence-electron chi connectivity index (χ1n) is 9.27. The Kier molecular flexibility index (Phi) is 4.97. The number of hydrogen-bond donors (Lipinski definition) is 0. The second-order valence-corrected chi connectivity index (χ2v) is 6.76. The van der Waals surface area contributed by atoms with E-state index in [-0.39, 0.29) is 18.0 Å². The Morgan fingerprint density at radius 2 is 1.75 bits per heavy atom. The van der Waals surface area contributed by atoms with Crippen LogP contribution in [0.4, 0.5) is 5.69 Å². The molecule has 7 heteroatoms. The summed E-state index contributed by atoms with van der Waals surface area (Å²) in [7, 11) is 1.65. The number of rotatable bonds is 4. The quantitative estimate of drug-likeness (QED) is 0.692. The minimum Gasteiger partial charge on any atom is -0.497 e. The van der Waals surface area contributed by atoms with Gasteiger partial charge in [-0.15, -0.1) is 0 Å². The fourth-order valence-electron chi connectivity index (χ4n) is 3.48. The van der Waals surface area contributed by atoms with E-state index in [0.717, 1.165) is 29.9 Å². The molecule has 0 unspecified atom stereocenters. The summed E-state index contributed by atoms with van der Waals surface area (Å²) >= 11 is 0. The number of nitrogens with zero attached hydrogens (tertiary/aromatic N) is 4. The molecule has 2 heterocycles. The summed E-state index contributed by atoms with van der Waals surface area (Å²) in [6, 6.07) is 15.2. The van der Waals surface area contributed by atoms with Crippen LogP contribution in [-0.2, 0) is 11.3 Å². The largest absolute Gasteiger partial charge is 0.497 e. The Balaban J connectivity index is 1.40. The fraction of sp³-hybridized carbons (Fsp3) is 0.286. The topological polar surface area (TPSA) is 67.7 Å². The summed E-state index contributed by atoms with van der Waals surface area (Å²) in [6.45, 7) is 2.70. The van der Waals surface area contributed by atoms with Gasteiger partial charge in [0, 0.05) is 37.3 Å². The molecule has 3 aromatic rings. The van der Waals surface area contributed by atoms with Gasteiger partial charge in [0.15, 0.2) is 0 Å². The monoisotopic (exact) mass is 378 g/mol. The Labute approximate surface area is 162 Å². The first kappa shape index (κ1) is 18.0. The average molecular weight is 378 g/mol. The van der Waals surface area contributed by atoms with Crippen LogP contribution in [0, 0.1) is 0 Å². The van der Waals surface area contributed by atoms with Crippen molar-refractivity contribution < 1.29 is 9.53 Å². The van der Waals surface area contributed by atoms with Gasteiger partial charge in [0.25, 0.3) is 5.56 Å². The van der Waals surface area contributed by atoms with Crippen LogP contribution in [0.5, 0.6) is 5.75 Å². The van der Waals surface area contributed by atoms with Crippen LogP contribution in [0.25, 0.3) is 10.8 Å². The maximum Gasteiger partial charge on any atom is 0.275 e. The highest BCUT2D eigenvalue weighted by atomic mass is 16.5. The molecule has 0 atom stereocenters. The zero-order valence-corrected chi connectivity index (χ0v) is 15.7. The highest BCUT2D eigenvalue weighted by Crippen LogP contribution is 2.20. The zero-order chi connectivity index (χ0) is 19.5. The van der Waals surface area contributed by atoms with Crippen molar-refractivity contribution in [3.8, 4) is 5.75 Å². The standard InChI is InChI=1S/C21H22N4O3/c1-28-18-8-6-17(7-9-18)23-10-12-24(13-11-23)20(26)15-25-21(27)19-5-3-2-4-16(19)14-22-25/h2-9,14H,10-13,15H2,1H3. The Morgan fingerprint density at radius 1 is 1.04 bits per heavy atom. The van der Waals surface area contributed by atoms with E-state index in [4.69, 9.17) is 4.74 Å². The van der Waals surface area contributed by atoms with Gasteiger partial charge in [0.05, 0.1) is 18.7 Å². The highest BCUT2D eigenvalue weighted by Gasteiger charge is 2.22. The Hall–Kier alpha value is -3.35. The van der Waals surface area contributed by atoms with Crippen molar-refractivity contribution in [2.45, 2.75) is 6.54 Å². The number of carbonyl (C=O) groups is 1. The van der Waals surface area contributed by atoms with Crippen LogP contribution in [-0.4, -0.2) is 53.9 Å². The third kappa shape index (κ3) is 3.55. The Morgan fingerprint density at radius 3 is 2.46 bits per heavy atom. The van der Waals surface area contributed by atoms with E-state index in [0.29, 0.717) is 18.5 Å². The van der Waals surface area contributed by atoms with Gasteiger partial charge in [0.2, 0.25) is 5.91 Å². The van der Waals surface area contributed by atoms with Crippen molar-refractivity contribution >= 4 is 22.4 Å². The lowest BCUT2D eigenvalue weighted by Gasteiger charge is -2.36. The molecule has 1 aliphatic heterocycles. The number of methoxy groups -OCH3 is 1. The molecule has 0 N–H and O–H groups in total. The SMILES string of the molecule is COc1ccc(N2CCN(C(=O)Cn3ncc4ccccc4c3=O)CC2)cc1. The number of piperazine rings is 1. The molecule has 1 amide bonds. The number of anilines is 1. The number of benzene rings is 2. The fourth-order valence-corrected chi connectivity index (χ4v) is 3.48. The van der Waals surface area contributed by atoms with Crippen LogP contribution in [0.1, 0.15) is 0 Å².